The highest BCUT2D eigenvalue weighted by atomic mass is 35.5. The molecular formula is C30H21Cl2N3O4. The molecular weight excluding hydrogens is 537 g/mol. The molecule has 0 bridgehead atoms. The topological polar surface area (TPSA) is 92.8 Å². The molecule has 39 heavy (non-hydrogen) atoms. The predicted octanol–water partition coefficient (Wildman–Crippen LogP) is 7.13. The number of methoxy groups -OCH3 is 1. The van der Waals surface area contributed by atoms with Gasteiger partial charge in [0.15, 0.2) is 11.5 Å². The second kappa shape index (κ2) is 11.4. The lowest BCUT2D eigenvalue weighted by Crippen LogP contribution is -2.19. The number of amides is 1. The lowest BCUT2D eigenvalue weighted by atomic mass is 10.0. The highest BCUT2D eigenvalue weighted by Gasteiger charge is 2.22. The van der Waals surface area contributed by atoms with Crippen LogP contribution in [0.15, 0.2) is 96.1 Å². The fourth-order valence-corrected chi connectivity index (χ4v) is 4.55. The Bertz CT molecular complexity index is 1710. The molecule has 0 spiro atoms. The average Bonchev–Trinajstić information content (AvgIpc) is 3.35. The van der Waals surface area contributed by atoms with Crippen molar-refractivity contribution in [2.45, 2.75) is 0 Å². The molecule has 0 saturated heterocycles. The van der Waals surface area contributed by atoms with Gasteiger partial charge in [0.1, 0.15) is 5.69 Å². The molecule has 0 radical (unpaired) electrons. The minimum atomic E-state index is -0.504. The first-order chi connectivity index (χ1) is 19.0. The van der Waals surface area contributed by atoms with Gasteiger partial charge in [-0.05, 0) is 48.0 Å². The van der Waals surface area contributed by atoms with E-state index in [-0.39, 0.29) is 11.4 Å². The van der Waals surface area contributed by atoms with Gasteiger partial charge in [-0.3, -0.25) is 4.79 Å². The fraction of sp³-hybridized carbons (Fsp3) is 0.0333. The van der Waals surface area contributed by atoms with Crippen molar-refractivity contribution in [2.75, 3.05) is 7.11 Å². The van der Waals surface area contributed by atoms with E-state index in [0.29, 0.717) is 43.6 Å². The molecule has 1 aromatic heterocycles. The van der Waals surface area contributed by atoms with E-state index in [2.05, 4.69) is 15.5 Å². The highest BCUT2D eigenvalue weighted by molar-refractivity contribution is 6.37. The molecule has 0 aliphatic heterocycles. The molecule has 5 rings (SSSR count). The summed E-state index contributed by atoms with van der Waals surface area (Å²) >= 11 is 12.9. The molecule has 0 saturated carbocycles. The van der Waals surface area contributed by atoms with Gasteiger partial charge in [0.25, 0.3) is 5.91 Å². The van der Waals surface area contributed by atoms with Crippen LogP contribution in [0.4, 0.5) is 0 Å². The lowest BCUT2D eigenvalue weighted by molar-refractivity contribution is 0.0729. The summed E-state index contributed by atoms with van der Waals surface area (Å²) in [7, 11) is 1.47. The van der Waals surface area contributed by atoms with Crippen molar-refractivity contribution in [1.29, 1.82) is 0 Å². The molecule has 0 aliphatic carbocycles. The summed E-state index contributed by atoms with van der Waals surface area (Å²) in [6.45, 7) is 0. The van der Waals surface area contributed by atoms with Crippen molar-refractivity contribution in [2.24, 2.45) is 5.10 Å². The van der Waals surface area contributed by atoms with Crippen LogP contribution >= 0.6 is 23.2 Å². The second-order valence-corrected chi connectivity index (χ2v) is 9.20. The number of hydrogen-bond donors (Lipinski definition) is 2. The van der Waals surface area contributed by atoms with Crippen molar-refractivity contribution >= 4 is 52.2 Å². The molecule has 5 aromatic rings. The van der Waals surface area contributed by atoms with Gasteiger partial charge < -0.3 is 14.5 Å². The SMILES string of the molecule is COc1cc(C=NNC(=O)c2[nH]c3c(Cl)cccc3c2-c2ccccc2Cl)ccc1OC(=O)c1ccccc1. The number of aromatic amines is 1. The average molecular weight is 558 g/mol. The zero-order valence-corrected chi connectivity index (χ0v) is 22.1. The van der Waals surface area contributed by atoms with Gasteiger partial charge in [-0.2, -0.15) is 5.10 Å². The number of fused-ring (bicyclic) bond motifs is 1. The number of ether oxygens (including phenoxy) is 2. The van der Waals surface area contributed by atoms with Gasteiger partial charge in [-0.1, -0.05) is 71.7 Å². The third-order valence-electron chi connectivity index (χ3n) is 5.93. The Morgan fingerprint density at radius 3 is 2.38 bits per heavy atom. The fourth-order valence-electron chi connectivity index (χ4n) is 4.10. The van der Waals surface area contributed by atoms with Crippen molar-refractivity contribution in [3.05, 3.63) is 118 Å². The van der Waals surface area contributed by atoms with E-state index < -0.39 is 11.9 Å². The summed E-state index contributed by atoms with van der Waals surface area (Å²) in [6.07, 6.45) is 1.45. The first-order valence-electron chi connectivity index (χ1n) is 11.8. The third-order valence-corrected chi connectivity index (χ3v) is 6.58. The summed E-state index contributed by atoms with van der Waals surface area (Å²) in [5.41, 5.74) is 5.77. The minimum absolute atomic E-state index is 0.256. The number of nitrogens with zero attached hydrogens (tertiary/aromatic N) is 1. The minimum Gasteiger partial charge on any atom is -0.493 e. The summed E-state index contributed by atoms with van der Waals surface area (Å²) in [5, 5.41) is 5.84. The number of carbonyl (C=O) groups excluding carboxylic acids is 2. The third kappa shape index (κ3) is 5.50. The van der Waals surface area contributed by atoms with Crippen molar-refractivity contribution in [3.8, 4) is 22.6 Å². The molecule has 0 atom stereocenters. The van der Waals surface area contributed by atoms with Crippen LogP contribution in [-0.2, 0) is 0 Å². The van der Waals surface area contributed by atoms with Gasteiger partial charge in [-0.25, -0.2) is 10.2 Å². The number of carbonyl (C=O) groups is 2. The van der Waals surface area contributed by atoms with E-state index in [4.69, 9.17) is 32.7 Å². The Hall–Kier alpha value is -4.59. The van der Waals surface area contributed by atoms with Crippen molar-refractivity contribution in [1.82, 2.24) is 10.4 Å². The molecule has 0 aliphatic rings. The van der Waals surface area contributed by atoms with E-state index >= 15 is 0 Å². The molecule has 4 aromatic carbocycles. The first-order valence-corrected chi connectivity index (χ1v) is 12.6. The first kappa shape index (κ1) is 26.0. The molecule has 0 unspecified atom stereocenters. The van der Waals surface area contributed by atoms with Crippen LogP contribution in [0.2, 0.25) is 10.0 Å². The molecule has 1 amide bonds. The van der Waals surface area contributed by atoms with Gasteiger partial charge in [0, 0.05) is 21.5 Å². The molecule has 2 N–H and O–H groups in total. The van der Waals surface area contributed by atoms with Crippen molar-refractivity contribution < 1.29 is 19.1 Å². The monoisotopic (exact) mass is 557 g/mol. The van der Waals surface area contributed by atoms with E-state index in [9.17, 15) is 9.59 Å². The van der Waals surface area contributed by atoms with E-state index in [1.165, 1.54) is 13.3 Å². The zero-order valence-electron chi connectivity index (χ0n) is 20.6. The number of esters is 1. The number of nitrogens with one attached hydrogen (secondary N) is 2. The number of hydrogen-bond acceptors (Lipinski definition) is 5. The number of H-pyrrole nitrogens is 1. The Labute approximate surface area is 234 Å². The van der Waals surface area contributed by atoms with Crippen LogP contribution < -0.4 is 14.9 Å². The van der Waals surface area contributed by atoms with E-state index in [0.717, 1.165) is 5.39 Å². The maximum Gasteiger partial charge on any atom is 0.343 e. The van der Waals surface area contributed by atoms with Crippen LogP contribution in [0.3, 0.4) is 0 Å². The van der Waals surface area contributed by atoms with Gasteiger partial charge in [0.2, 0.25) is 0 Å². The highest BCUT2D eigenvalue weighted by Crippen LogP contribution is 2.38. The number of rotatable bonds is 7. The Morgan fingerprint density at radius 1 is 0.872 bits per heavy atom. The molecule has 0 fully saturated rings. The number of benzene rings is 4. The predicted molar refractivity (Wildman–Crippen MR) is 153 cm³/mol. The van der Waals surface area contributed by atoms with E-state index in [1.807, 2.05) is 36.4 Å². The summed E-state index contributed by atoms with van der Waals surface area (Å²) in [4.78, 5) is 28.8. The Balaban J connectivity index is 1.38. The van der Waals surface area contributed by atoms with Gasteiger partial charge in [-0.15, -0.1) is 0 Å². The van der Waals surface area contributed by atoms with Gasteiger partial charge >= 0.3 is 5.97 Å². The number of halogens is 2. The van der Waals surface area contributed by atoms with Crippen LogP contribution in [-0.4, -0.2) is 30.2 Å². The van der Waals surface area contributed by atoms with Crippen LogP contribution in [0.5, 0.6) is 11.5 Å². The number of para-hydroxylation sites is 1. The Kier molecular flexibility index (Phi) is 7.63. The standard InChI is InChI=1S/C30H21Cl2N3O4/c1-38-25-16-18(14-15-24(25)39-30(37)19-8-3-2-4-9-19)17-33-35-29(36)28-26(20-10-5-6-12-22(20)31)21-11-7-13-23(32)27(21)34-28/h2-17,34H,1H3,(H,35,36). The summed E-state index contributed by atoms with van der Waals surface area (Å²) in [6, 6.07) is 26.3. The maximum atomic E-state index is 13.2. The van der Waals surface area contributed by atoms with Gasteiger partial charge in [0.05, 0.1) is 29.4 Å². The van der Waals surface area contributed by atoms with Crippen LogP contribution in [0.1, 0.15) is 26.4 Å². The van der Waals surface area contributed by atoms with Crippen LogP contribution in [0, 0.1) is 0 Å². The maximum absolute atomic E-state index is 13.2. The summed E-state index contributed by atoms with van der Waals surface area (Å²) < 4.78 is 10.9. The zero-order chi connectivity index (χ0) is 27.4. The molecule has 7 nitrogen and oxygen atoms in total. The van der Waals surface area contributed by atoms with Crippen molar-refractivity contribution in [3.63, 3.8) is 0 Å². The normalized spacial score (nSPS) is 11.1. The van der Waals surface area contributed by atoms with Crippen LogP contribution in [0.25, 0.3) is 22.0 Å². The van der Waals surface area contributed by atoms with E-state index in [1.54, 1.807) is 54.6 Å². The quantitative estimate of drug-likeness (QED) is 0.0962. The molecule has 1 heterocycles. The molecule has 194 valence electrons. The smallest absolute Gasteiger partial charge is 0.343 e. The Morgan fingerprint density at radius 2 is 1.62 bits per heavy atom. The summed E-state index contributed by atoms with van der Waals surface area (Å²) in [5.74, 6) is -0.392. The molecule has 9 heteroatoms. The lowest BCUT2D eigenvalue weighted by Gasteiger charge is -2.10. The number of aromatic nitrogens is 1. The largest absolute Gasteiger partial charge is 0.493 e. The number of hydrazone groups is 1. The second-order valence-electron chi connectivity index (χ2n) is 8.38.